The van der Waals surface area contributed by atoms with E-state index < -0.39 is 0 Å². The quantitative estimate of drug-likeness (QED) is 0.886. The van der Waals surface area contributed by atoms with Crippen molar-refractivity contribution < 1.29 is 0 Å². The van der Waals surface area contributed by atoms with Crippen LogP contribution in [0, 0.1) is 0 Å². The topological polar surface area (TPSA) is 47.7 Å². The average Bonchev–Trinajstić information content (AvgIpc) is 3.01. The van der Waals surface area contributed by atoms with Crippen LogP contribution in [0.4, 0.5) is 0 Å². The summed E-state index contributed by atoms with van der Waals surface area (Å²) in [6.07, 6.45) is 6.46. The molecule has 0 saturated heterocycles. The van der Waals surface area contributed by atoms with Crippen LogP contribution < -0.4 is 5.32 Å². The third-order valence-corrected chi connectivity index (χ3v) is 3.53. The van der Waals surface area contributed by atoms with Gasteiger partial charge in [0, 0.05) is 39.0 Å². The lowest BCUT2D eigenvalue weighted by Crippen LogP contribution is -2.21. The molecular formula is C13H19N5. The summed E-state index contributed by atoms with van der Waals surface area (Å²) in [4.78, 5) is 0. The van der Waals surface area contributed by atoms with Crippen molar-refractivity contribution >= 4 is 0 Å². The molecule has 1 aliphatic heterocycles. The number of hydrogen-bond acceptors (Lipinski definition) is 3. The number of fused-ring (bicyclic) bond motifs is 1. The first-order chi connectivity index (χ1) is 8.74. The standard InChI is InChI=1S/C13H19N5/c1-10(14-8-11-5-7-17(2)9-11)13-16-15-12-4-3-6-18(12)13/h5,7,9-10,14H,3-4,6,8H2,1-2H3. The van der Waals surface area contributed by atoms with Crippen molar-refractivity contribution in [2.24, 2.45) is 7.05 Å². The van der Waals surface area contributed by atoms with Gasteiger partial charge in [-0.05, 0) is 25.0 Å². The van der Waals surface area contributed by atoms with E-state index >= 15 is 0 Å². The van der Waals surface area contributed by atoms with E-state index in [1.807, 2.05) is 7.05 Å². The highest BCUT2D eigenvalue weighted by molar-refractivity contribution is 5.10. The summed E-state index contributed by atoms with van der Waals surface area (Å²) < 4.78 is 4.32. The van der Waals surface area contributed by atoms with Crippen molar-refractivity contribution in [3.8, 4) is 0 Å². The van der Waals surface area contributed by atoms with E-state index in [0.717, 1.165) is 31.2 Å². The van der Waals surface area contributed by atoms with Crippen LogP contribution in [0.5, 0.6) is 0 Å². The molecule has 3 rings (SSSR count). The van der Waals surface area contributed by atoms with E-state index in [4.69, 9.17) is 0 Å². The second kappa shape index (κ2) is 4.57. The molecule has 0 bridgehead atoms. The van der Waals surface area contributed by atoms with Crippen LogP contribution in [0.25, 0.3) is 0 Å². The van der Waals surface area contributed by atoms with Gasteiger partial charge in [-0.1, -0.05) is 0 Å². The van der Waals surface area contributed by atoms with Gasteiger partial charge in [0.1, 0.15) is 11.6 Å². The fourth-order valence-electron chi connectivity index (χ4n) is 2.52. The lowest BCUT2D eigenvalue weighted by Gasteiger charge is -2.13. The molecule has 0 fully saturated rings. The lowest BCUT2D eigenvalue weighted by molar-refractivity contribution is 0.515. The van der Waals surface area contributed by atoms with Crippen molar-refractivity contribution in [1.82, 2.24) is 24.6 Å². The summed E-state index contributed by atoms with van der Waals surface area (Å²) in [5.74, 6) is 2.21. The molecule has 0 spiro atoms. The van der Waals surface area contributed by atoms with Crippen LogP contribution in [-0.4, -0.2) is 19.3 Å². The molecule has 0 aliphatic carbocycles. The Balaban J connectivity index is 1.66. The van der Waals surface area contributed by atoms with Crippen LogP contribution in [0.3, 0.4) is 0 Å². The van der Waals surface area contributed by atoms with Crippen LogP contribution >= 0.6 is 0 Å². The molecule has 1 N–H and O–H groups in total. The van der Waals surface area contributed by atoms with Crippen molar-refractivity contribution in [3.05, 3.63) is 35.7 Å². The second-order valence-corrected chi connectivity index (χ2v) is 5.02. The molecule has 5 heteroatoms. The summed E-state index contributed by atoms with van der Waals surface area (Å²) in [5.41, 5.74) is 1.30. The molecule has 0 aromatic carbocycles. The third-order valence-electron chi connectivity index (χ3n) is 3.53. The zero-order valence-electron chi connectivity index (χ0n) is 10.9. The average molecular weight is 245 g/mol. The van der Waals surface area contributed by atoms with Crippen molar-refractivity contribution in [2.45, 2.75) is 38.9 Å². The number of aryl methyl sites for hydroxylation is 2. The molecule has 0 amide bonds. The van der Waals surface area contributed by atoms with Gasteiger partial charge in [-0.25, -0.2) is 0 Å². The zero-order chi connectivity index (χ0) is 12.5. The smallest absolute Gasteiger partial charge is 0.149 e. The fraction of sp³-hybridized carbons (Fsp3) is 0.538. The molecule has 1 atom stereocenters. The van der Waals surface area contributed by atoms with Gasteiger partial charge in [0.25, 0.3) is 0 Å². The molecule has 96 valence electrons. The molecule has 2 aromatic heterocycles. The highest BCUT2D eigenvalue weighted by atomic mass is 15.3. The first kappa shape index (κ1) is 11.5. The Morgan fingerprint density at radius 3 is 3.11 bits per heavy atom. The molecule has 18 heavy (non-hydrogen) atoms. The largest absolute Gasteiger partial charge is 0.357 e. The summed E-state index contributed by atoms with van der Waals surface area (Å²) in [6, 6.07) is 2.37. The second-order valence-electron chi connectivity index (χ2n) is 5.02. The van der Waals surface area contributed by atoms with Crippen molar-refractivity contribution in [3.63, 3.8) is 0 Å². The first-order valence-corrected chi connectivity index (χ1v) is 6.50. The van der Waals surface area contributed by atoms with E-state index in [1.165, 1.54) is 12.0 Å². The highest BCUT2D eigenvalue weighted by Gasteiger charge is 2.20. The van der Waals surface area contributed by atoms with E-state index in [9.17, 15) is 0 Å². The molecule has 1 unspecified atom stereocenters. The number of nitrogens with zero attached hydrogens (tertiary/aromatic N) is 4. The minimum Gasteiger partial charge on any atom is -0.357 e. The van der Waals surface area contributed by atoms with Gasteiger partial charge in [-0.2, -0.15) is 0 Å². The van der Waals surface area contributed by atoms with Crippen LogP contribution in [0.15, 0.2) is 18.5 Å². The highest BCUT2D eigenvalue weighted by Crippen LogP contribution is 2.19. The number of rotatable bonds is 4. The van der Waals surface area contributed by atoms with E-state index in [1.54, 1.807) is 0 Å². The SMILES string of the molecule is CC(NCc1ccn(C)c1)c1nnc2n1CCC2. The van der Waals surface area contributed by atoms with Gasteiger partial charge in [0.15, 0.2) is 0 Å². The summed E-state index contributed by atoms with van der Waals surface area (Å²) >= 11 is 0. The Morgan fingerprint density at radius 2 is 2.33 bits per heavy atom. The van der Waals surface area contributed by atoms with Crippen molar-refractivity contribution in [2.75, 3.05) is 0 Å². The van der Waals surface area contributed by atoms with Gasteiger partial charge < -0.3 is 14.5 Å². The lowest BCUT2D eigenvalue weighted by atomic mass is 10.2. The maximum atomic E-state index is 4.30. The Labute approximate surface area is 107 Å². The number of aromatic nitrogens is 4. The zero-order valence-corrected chi connectivity index (χ0v) is 10.9. The molecular weight excluding hydrogens is 226 g/mol. The van der Waals surface area contributed by atoms with Crippen LogP contribution in [-0.2, 0) is 26.6 Å². The van der Waals surface area contributed by atoms with Gasteiger partial charge in [0.2, 0.25) is 0 Å². The normalized spacial score (nSPS) is 15.9. The maximum absolute atomic E-state index is 4.30. The molecule has 1 aliphatic rings. The molecule has 2 aromatic rings. The third kappa shape index (κ3) is 2.06. The Morgan fingerprint density at radius 1 is 1.44 bits per heavy atom. The molecule has 0 radical (unpaired) electrons. The van der Waals surface area contributed by atoms with Gasteiger partial charge in [-0.15, -0.1) is 10.2 Å². The van der Waals surface area contributed by atoms with Crippen LogP contribution in [0.1, 0.15) is 36.6 Å². The minimum atomic E-state index is 0.240. The fourth-order valence-corrected chi connectivity index (χ4v) is 2.52. The van der Waals surface area contributed by atoms with Gasteiger partial charge >= 0.3 is 0 Å². The molecule has 0 saturated carbocycles. The number of hydrogen-bond donors (Lipinski definition) is 1. The maximum Gasteiger partial charge on any atom is 0.149 e. The van der Waals surface area contributed by atoms with Crippen molar-refractivity contribution in [1.29, 1.82) is 0 Å². The molecule has 3 heterocycles. The van der Waals surface area contributed by atoms with E-state index in [0.29, 0.717) is 0 Å². The number of nitrogens with one attached hydrogen (secondary N) is 1. The Kier molecular flexibility index (Phi) is 2.91. The van der Waals surface area contributed by atoms with Gasteiger partial charge in [-0.3, -0.25) is 0 Å². The summed E-state index contributed by atoms with van der Waals surface area (Å²) in [7, 11) is 2.04. The van der Waals surface area contributed by atoms with Crippen LogP contribution in [0.2, 0.25) is 0 Å². The molecule has 5 nitrogen and oxygen atoms in total. The predicted molar refractivity (Wildman–Crippen MR) is 69.0 cm³/mol. The predicted octanol–water partition coefficient (Wildman–Crippen LogP) is 1.41. The van der Waals surface area contributed by atoms with Gasteiger partial charge in [0.05, 0.1) is 6.04 Å². The Bertz CT molecular complexity index is 539. The summed E-state index contributed by atoms with van der Waals surface area (Å²) in [5, 5.41) is 12.1. The van der Waals surface area contributed by atoms with E-state index in [2.05, 4.69) is 50.0 Å². The Hall–Kier alpha value is -1.62. The minimum absolute atomic E-state index is 0.240. The first-order valence-electron chi connectivity index (χ1n) is 6.50. The summed E-state index contributed by atoms with van der Waals surface area (Å²) in [6.45, 7) is 4.08. The monoisotopic (exact) mass is 245 g/mol. The van der Waals surface area contributed by atoms with E-state index in [-0.39, 0.29) is 6.04 Å².